The summed E-state index contributed by atoms with van der Waals surface area (Å²) in [6, 6.07) is -0.830. The quantitative estimate of drug-likeness (QED) is 0.788. The molecule has 1 heterocycles. The van der Waals surface area contributed by atoms with Crippen molar-refractivity contribution in [3.8, 4) is 0 Å². The smallest absolute Gasteiger partial charge is 0.326 e. The molecule has 0 aromatic carbocycles. The third kappa shape index (κ3) is 4.49. The molecule has 0 bridgehead atoms. The largest absolute Gasteiger partial charge is 0.480 e. The molecule has 1 saturated heterocycles. The van der Waals surface area contributed by atoms with Crippen molar-refractivity contribution in [2.24, 2.45) is 5.92 Å². The van der Waals surface area contributed by atoms with Crippen molar-refractivity contribution in [3.05, 3.63) is 0 Å². The van der Waals surface area contributed by atoms with E-state index < -0.39 is 12.0 Å². The van der Waals surface area contributed by atoms with E-state index >= 15 is 0 Å². The summed E-state index contributed by atoms with van der Waals surface area (Å²) in [6.07, 6.45) is 0.0966. The Morgan fingerprint density at radius 3 is 2.60 bits per heavy atom. The molecule has 1 rings (SSSR count). The Kier molecular flexibility index (Phi) is 6.48. The van der Waals surface area contributed by atoms with Gasteiger partial charge in [-0.2, -0.15) is 0 Å². The molecule has 0 saturated carbocycles. The molecule has 1 aliphatic rings. The van der Waals surface area contributed by atoms with Gasteiger partial charge in [-0.25, -0.2) is 4.79 Å². The van der Waals surface area contributed by atoms with Crippen LogP contribution in [0.3, 0.4) is 0 Å². The predicted molar refractivity (Wildman–Crippen MR) is 75.5 cm³/mol. The van der Waals surface area contributed by atoms with Gasteiger partial charge < -0.3 is 14.7 Å². The number of thioether (sulfide) groups is 1. The number of hydrogen-bond acceptors (Lipinski definition) is 5. The number of carbonyl (C=O) groups excluding carboxylic acids is 2. The maximum absolute atomic E-state index is 12.3. The summed E-state index contributed by atoms with van der Waals surface area (Å²) in [5.41, 5.74) is 0. The first-order valence-corrected chi connectivity index (χ1v) is 7.63. The second-order valence-corrected chi connectivity index (χ2v) is 6.06. The van der Waals surface area contributed by atoms with Crippen molar-refractivity contribution in [1.29, 1.82) is 0 Å². The Labute approximate surface area is 122 Å². The van der Waals surface area contributed by atoms with Gasteiger partial charge in [0.25, 0.3) is 0 Å². The second-order valence-electron chi connectivity index (χ2n) is 4.86. The molecule has 1 aliphatic heterocycles. The number of carboxylic acids is 1. The van der Waals surface area contributed by atoms with Crippen LogP contribution >= 0.6 is 11.8 Å². The minimum absolute atomic E-state index is 0.0481. The van der Waals surface area contributed by atoms with Crippen LogP contribution in [-0.4, -0.2) is 58.0 Å². The van der Waals surface area contributed by atoms with Crippen molar-refractivity contribution in [1.82, 2.24) is 4.90 Å². The van der Waals surface area contributed by atoms with Crippen LogP contribution in [0.15, 0.2) is 0 Å². The van der Waals surface area contributed by atoms with Crippen LogP contribution < -0.4 is 0 Å². The van der Waals surface area contributed by atoms with Gasteiger partial charge >= 0.3 is 5.97 Å². The molecule has 1 fully saturated rings. The summed E-state index contributed by atoms with van der Waals surface area (Å²) >= 11 is 1.08. The maximum Gasteiger partial charge on any atom is 0.326 e. The zero-order valence-electron chi connectivity index (χ0n) is 12.0. The van der Waals surface area contributed by atoms with Crippen molar-refractivity contribution in [2.45, 2.75) is 39.3 Å². The van der Waals surface area contributed by atoms with Gasteiger partial charge in [0.15, 0.2) is 5.12 Å². The molecule has 0 radical (unpaired) electrons. The lowest BCUT2D eigenvalue weighted by Crippen LogP contribution is -2.43. The molecule has 3 atom stereocenters. The normalized spacial score (nSPS) is 23.6. The Morgan fingerprint density at radius 1 is 1.45 bits per heavy atom. The first kappa shape index (κ1) is 17.0. The van der Waals surface area contributed by atoms with Crippen LogP contribution in [0.4, 0.5) is 0 Å². The van der Waals surface area contributed by atoms with E-state index in [0.29, 0.717) is 25.3 Å². The fourth-order valence-corrected chi connectivity index (χ4v) is 2.86. The third-order valence-corrected chi connectivity index (χ3v) is 4.26. The van der Waals surface area contributed by atoms with Gasteiger partial charge in [-0.1, -0.05) is 18.7 Å². The number of aliphatic carboxylic acids is 1. The minimum Gasteiger partial charge on any atom is -0.480 e. The molecule has 0 aromatic rings. The summed E-state index contributed by atoms with van der Waals surface area (Å²) < 4.78 is 5.43. The molecule has 1 amide bonds. The Balaban J connectivity index is 2.68. The molecule has 7 heteroatoms. The first-order valence-electron chi connectivity index (χ1n) is 6.65. The lowest BCUT2D eigenvalue weighted by atomic mass is 10.1. The average molecular weight is 303 g/mol. The standard InChI is InChI=1S/C13H21NO5S/c1-4-19-10-5-11(13(17)18)14(6-10)12(16)8(2)7-20-9(3)15/h8,10-11H,4-7H2,1-3H3,(H,17,18)/t8?,10-,11-/m0/s1. The number of ether oxygens (including phenoxy) is 1. The van der Waals surface area contributed by atoms with Crippen LogP contribution in [0, 0.1) is 5.92 Å². The van der Waals surface area contributed by atoms with Gasteiger partial charge in [0, 0.05) is 38.2 Å². The van der Waals surface area contributed by atoms with E-state index in [4.69, 9.17) is 4.74 Å². The fraction of sp³-hybridized carbons (Fsp3) is 0.769. The summed E-state index contributed by atoms with van der Waals surface area (Å²) in [7, 11) is 0. The average Bonchev–Trinajstić information content (AvgIpc) is 2.79. The highest BCUT2D eigenvalue weighted by Crippen LogP contribution is 2.24. The number of carboxylic acid groups (broad SMARTS) is 1. The van der Waals surface area contributed by atoms with Crippen LogP contribution in [0.2, 0.25) is 0 Å². The van der Waals surface area contributed by atoms with Gasteiger partial charge in [0.2, 0.25) is 5.91 Å². The molecule has 0 spiro atoms. The molecule has 1 unspecified atom stereocenters. The molecule has 1 N–H and O–H groups in total. The number of carbonyl (C=O) groups is 3. The van der Waals surface area contributed by atoms with Gasteiger partial charge in [0.1, 0.15) is 6.04 Å². The Bertz CT molecular complexity index is 387. The van der Waals surface area contributed by atoms with Crippen LogP contribution in [0.1, 0.15) is 27.2 Å². The number of amides is 1. The maximum atomic E-state index is 12.3. The van der Waals surface area contributed by atoms with Gasteiger partial charge in [0.05, 0.1) is 6.10 Å². The van der Waals surface area contributed by atoms with E-state index in [0.717, 1.165) is 11.8 Å². The van der Waals surface area contributed by atoms with Gasteiger partial charge in [-0.15, -0.1) is 0 Å². The van der Waals surface area contributed by atoms with Crippen LogP contribution in [-0.2, 0) is 19.1 Å². The van der Waals surface area contributed by atoms with Crippen molar-refractivity contribution >= 4 is 28.8 Å². The molecule has 114 valence electrons. The summed E-state index contributed by atoms with van der Waals surface area (Å²) in [5, 5.41) is 9.16. The molecule has 20 heavy (non-hydrogen) atoms. The summed E-state index contributed by atoms with van der Waals surface area (Å²) in [5.74, 6) is -1.25. The number of hydrogen-bond donors (Lipinski definition) is 1. The highest BCUT2D eigenvalue weighted by molar-refractivity contribution is 8.13. The monoisotopic (exact) mass is 303 g/mol. The van der Waals surface area contributed by atoms with Crippen molar-refractivity contribution < 1.29 is 24.2 Å². The number of likely N-dealkylation sites (tertiary alicyclic amines) is 1. The van der Waals surface area contributed by atoms with E-state index in [1.165, 1.54) is 11.8 Å². The number of nitrogens with zero attached hydrogens (tertiary/aromatic N) is 1. The third-order valence-electron chi connectivity index (χ3n) is 3.19. The lowest BCUT2D eigenvalue weighted by Gasteiger charge is -2.24. The fourth-order valence-electron chi connectivity index (χ4n) is 2.23. The van der Waals surface area contributed by atoms with Gasteiger partial charge in [-0.3, -0.25) is 9.59 Å². The second kappa shape index (κ2) is 7.64. The lowest BCUT2D eigenvalue weighted by molar-refractivity contribution is -0.149. The zero-order chi connectivity index (χ0) is 15.3. The van der Waals surface area contributed by atoms with E-state index in [1.807, 2.05) is 6.92 Å². The first-order chi connectivity index (χ1) is 9.36. The van der Waals surface area contributed by atoms with Gasteiger partial charge in [-0.05, 0) is 6.92 Å². The predicted octanol–water partition coefficient (Wildman–Crippen LogP) is 0.993. The molecule has 6 nitrogen and oxygen atoms in total. The topological polar surface area (TPSA) is 83.9 Å². The van der Waals surface area contributed by atoms with Crippen LogP contribution in [0.5, 0.6) is 0 Å². The highest BCUT2D eigenvalue weighted by atomic mass is 32.2. The van der Waals surface area contributed by atoms with Crippen molar-refractivity contribution in [3.63, 3.8) is 0 Å². The minimum atomic E-state index is -1.01. The summed E-state index contributed by atoms with van der Waals surface area (Å²) in [6.45, 7) is 5.80. The van der Waals surface area contributed by atoms with Crippen LogP contribution in [0.25, 0.3) is 0 Å². The van der Waals surface area contributed by atoms with E-state index in [9.17, 15) is 19.5 Å². The molecular formula is C13H21NO5S. The van der Waals surface area contributed by atoms with E-state index in [2.05, 4.69) is 0 Å². The van der Waals surface area contributed by atoms with E-state index in [1.54, 1.807) is 6.92 Å². The molecule has 0 aliphatic carbocycles. The Morgan fingerprint density at radius 2 is 2.10 bits per heavy atom. The Hall–Kier alpha value is -1.08. The zero-order valence-corrected chi connectivity index (χ0v) is 12.8. The van der Waals surface area contributed by atoms with E-state index in [-0.39, 0.29) is 23.0 Å². The highest BCUT2D eigenvalue weighted by Gasteiger charge is 2.41. The van der Waals surface area contributed by atoms with Crippen molar-refractivity contribution in [2.75, 3.05) is 18.9 Å². The molecule has 0 aromatic heterocycles. The molecular weight excluding hydrogens is 282 g/mol. The number of rotatable bonds is 6. The SMILES string of the molecule is CCO[C@H]1C[C@@H](C(=O)O)N(C(=O)C(C)CSC(C)=O)C1. The summed E-state index contributed by atoms with van der Waals surface area (Å²) in [4.78, 5) is 35.8.